The number of methoxy groups -OCH3 is 3. The molecule has 1 unspecified atom stereocenters. The molecule has 14 heavy (non-hydrogen) atoms. The molecule has 0 heterocycles. The number of esters is 1. The topological polar surface area (TPSA) is 44.8 Å². The number of rotatable bonds is 6. The molecule has 0 N–H and O–H groups in total. The fourth-order valence-electron chi connectivity index (χ4n) is 1.09. The number of ether oxygens (including phenoxy) is 3. The molecule has 0 aromatic heterocycles. The summed E-state index contributed by atoms with van der Waals surface area (Å²) in [5, 5.41) is 0. The summed E-state index contributed by atoms with van der Waals surface area (Å²) in [7, 11) is 4.57. The van der Waals surface area contributed by atoms with Gasteiger partial charge in [0.25, 0.3) is 0 Å². The lowest BCUT2D eigenvalue weighted by atomic mass is 10.0. The molecule has 0 aliphatic heterocycles. The molecule has 0 fully saturated rings. The summed E-state index contributed by atoms with van der Waals surface area (Å²) in [6.45, 7) is 3.68. The van der Waals surface area contributed by atoms with Gasteiger partial charge in [0.05, 0.1) is 13.0 Å². The normalized spacial score (nSPS) is 13.8. The van der Waals surface area contributed by atoms with Crippen LogP contribution < -0.4 is 0 Å². The van der Waals surface area contributed by atoms with Gasteiger partial charge in [-0.05, 0) is 13.3 Å². The lowest BCUT2D eigenvalue weighted by Gasteiger charge is -2.27. The first-order valence-corrected chi connectivity index (χ1v) is 4.67. The summed E-state index contributed by atoms with van der Waals surface area (Å²) in [4.78, 5) is 11.1. The third kappa shape index (κ3) is 4.07. The Labute approximate surface area is 85.5 Å². The van der Waals surface area contributed by atoms with Crippen molar-refractivity contribution in [2.24, 2.45) is 5.92 Å². The van der Waals surface area contributed by atoms with E-state index in [0.717, 1.165) is 0 Å². The number of carbonyl (C=O) groups is 1. The average Bonchev–Trinajstić information content (AvgIpc) is 2.24. The number of hydrogen-bond acceptors (Lipinski definition) is 4. The highest BCUT2D eigenvalue weighted by Crippen LogP contribution is 2.20. The van der Waals surface area contributed by atoms with Crippen LogP contribution in [0.3, 0.4) is 0 Å². The maximum absolute atomic E-state index is 11.1. The maximum Gasteiger partial charge on any atom is 0.308 e. The molecule has 4 nitrogen and oxygen atoms in total. The van der Waals surface area contributed by atoms with E-state index in [1.165, 1.54) is 7.11 Å². The van der Waals surface area contributed by atoms with Gasteiger partial charge in [-0.25, -0.2) is 0 Å². The molecule has 0 aromatic rings. The smallest absolute Gasteiger partial charge is 0.308 e. The van der Waals surface area contributed by atoms with Crippen molar-refractivity contribution >= 4 is 5.97 Å². The van der Waals surface area contributed by atoms with Crippen LogP contribution in [0.25, 0.3) is 0 Å². The Bertz CT molecular complexity index is 175. The zero-order chi connectivity index (χ0) is 11.2. The monoisotopic (exact) mass is 204 g/mol. The highest BCUT2D eigenvalue weighted by atomic mass is 16.7. The van der Waals surface area contributed by atoms with E-state index in [4.69, 9.17) is 9.47 Å². The zero-order valence-electron chi connectivity index (χ0n) is 9.62. The van der Waals surface area contributed by atoms with E-state index in [2.05, 4.69) is 4.74 Å². The lowest BCUT2D eigenvalue weighted by molar-refractivity contribution is -0.199. The van der Waals surface area contributed by atoms with Gasteiger partial charge < -0.3 is 14.2 Å². The van der Waals surface area contributed by atoms with Crippen LogP contribution in [0.1, 0.15) is 26.7 Å². The first kappa shape index (κ1) is 13.4. The van der Waals surface area contributed by atoms with E-state index in [1.807, 2.05) is 13.8 Å². The first-order chi connectivity index (χ1) is 6.49. The van der Waals surface area contributed by atoms with Gasteiger partial charge >= 0.3 is 5.97 Å². The largest absolute Gasteiger partial charge is 0.469 e. The molecule has 0 aliphatic rings. The van der Waals surface area contributed by atoms with Crippen molar-refractivity contribution in [1.29, 1.82) is 0 Å². The number of carbonyl (C=O) groups excluding carboxylic acids is 1. The third-order valence-corrected chi connectivity index (χ3v) is 2.50. The van der Waals surface area contributed by atoms with E-state index < -0.39 is 5.79 Å². The Morgan fingerprint density at radius 3 is 2.14 bits per heavy atom. The molecule has 0 saturated heterocycles. The molecule has 0 amide bonds. The fourth-order valence-corrected chi connectivity index (χ4v) is 1.09. The van der Waals surface area contributed by atoms with Crippen molar-refractivity contribution < 1.29 is 19.0 Å². The lowest BCUT2D eigenvalue weighted by Crippen LogP contribution is -2.30. The van der Waals surface area contributed by atoms with E-state index in [9.17, 15) is 4.79 Å². The molecule has 0 spiro atoms. The van der Waals surface area contributed by atoms with Crippen LogP contribution in [0.4, 0.5) is 0 Å². The minimum atomic E-state index is -0.609. The second-order valence-corrected chi connectivity index (χ2v) is 3.50. The van der Waals surface area contributed by atoms with Gasteiger partial charge in [-0.1, -0.05) is 6.92 Å². The van der Waals surface area contributed by atoms with Gasteiger partial charge in [0.1, 0.15) is 0 Å². The van der Waals surface area contributed by atoms with Crippen LogP contribution in [0, 0.1) is 5.92 Å². The molecule has 4 heteroatoms. The zero-order valence-corrected chi connectivity index (χ0v) is 9.62. The molecule has 0 rings (SSSR count). The summed E-state index contributed by atoms with van der Waals surface area (Å²) >= 11 is 0. The first-order valence-electron chi connectivity index (χ1n) is 4.67. The molecule has 84 valence electrons. The highest BCUT2D eigenvalue weighted by Gasteiger charge is 2.25. The fraction of sp³-hybridized carbons (Fsp3) is 0.900. The van der Waals surface area contributed by atoms with E-state index >= 15 is 0 Å². The van der Waals surface area contributed by atoms with E-state index in [0.29, 0.717) is 12.8 Å². The van der Waals surface area contributed by atoms with Gasteiger partial charge in [0.2, 0.25) is 0 Å². The number of hydrogen-bond donors (Lipinski definition) is 0. The summed E-state index contributed by atoms with van der Waals surface area (Å²) in [5.74, 6) is -0.924. The van der Waals surface area contributed by atoms with Gasteiger partial charge in [-0.2, -0.15) is 0 Å². The second-order valence-electron chi connectivity index (χ2n) is 3.50. The summed E-state index contributed by atoms with van der Waals surface area (Å²) in [5.41, 5.74) is 0. The second kappa shape index (κ2) is 5.98. The van der Waals surface area contributed by atoms with Crippen molar-refractivity contribution in [3.8, 4) is 0 Å². The summed E-state index contributed by atoms with van der Waals surface area (Å²) in [6.07, 6.45) is 1.35. The van der Waals surface area contributed by atoms with Crippen molar-refractivity contribution in [3.05, 3.63) is 0 Å². The minimum Gasteiger partial charge on any atom is -0.469 e. The maximum atomic E-state index is 11.1. The standard InChI is InChI=1S/C10H20O4/c1-8(9(11)12-3)6-7-10(2,13-4)14-5/h8H,6-7H2,1-5H3. The van der Waals surface area contributed by atoms with Crippen LogP contribution in [0.5, 0.6) is 0 Å². The predicted octanol–water partition coefficient (Wildman–Crippen LogP) is 1.58. The van der Waals surface area contributed by atoms with Gasteiger partial charge in [0.15, 0.2) is 5.79 Å². The molecule has 0 saturated carbocycles. The van der Waals surface area contributed by atoms with Crippen LogP contribution in [-0.2, 0) is 19.0 Å². The Balaban J connectivity index is 3.97. The average molecular weight is 204 g/mol. The Kier molecular flexibility index (Phi) is 5.72. The Hall–Kier alpha value is -0.610. The van der Waals surface area contributed by atoms with Gasteiger partial charge in [-0.15, -0.1) is 0 Å². The van der Waals surface area contributed by atoms with Gasteiger partial charge in [0, 0.05) is 20.6 Å². The molecule has 0 aromatic carbocycles. The Morgan fingerprint density at radius 1 is 1.29 bits per heavy atom. The van der Waals surface area contributed by atoms with E-state index in [-0.39, 0.29) is 11.9 Å². The van der Waals surface area contributed by atoms with Crippen molar-refractivity contribution in [2.75, 3.05) is 21.3 Å². The van der Waals surface area contributed by atoms with Crippen LogP contribution in [0.15, 0.2) is 0 Å². The molecule has 1 atom stereocenters. The molecule has 0 radical (unpaired) electrons. The third-order valence-electron chi connectivity index (χ3n) is 2.50. The van der Waals surface area contributed by atoms with Crippen LogP contribution in [0.2, 0.25) is 0 Å². The van der Waals surface area contributed by atoms with E-state index in [1.54, 1.807) is 14.2 Å². The van der Waals surface area contributed by atoms with Crippen LogP contribution >= 0.6 is 0 Å². The van der Waals surface area contributed by atoms with Crippen molar-refractivity contribution in [3.63, 3.8) is 0 Å². The predicted molar refractivity (Wildman–Crippen MR) is 52.8 cm³/mol. The van der Waals surface area contributed by atoms with Crippen molar-refractivity contribution in [1.82, 2.24) is 0 Å². The molecule has 0 bridgehead atoms. The SMILES string of the molecule is COC(=O)C(C)CCC(C)(OC)OC. The van der Waals surface area contributed by atoms with Crippen molar-refractivity contribution in [2.45, 2.75) is 32.5 Å². The van der Waals surface area contributed by atoms with Crippen LogP contribution in [-0.4, -0.2) is 33.1 Å². The van der Waals surface area contributed by atoms with Gasteiger partial charge in [-0.3, -0.25) is 4.79 Å². The molecule has 0 aliphatic carbocycles. The molecular formula is C10H20O4. The Morgan fingerprint density at radius 2 is 1.79 bits per heavy atom. The summed E-state index contributed by atoms with van der Waals surface area (Å²) in [6, 6.07) is 0. The highest BCUT2D eigenvalue weighted by molar-refractivity contribution is 5.71. The summed E-state index contributed by atoms with van der Waals surface area (Å²) < 4.78 is 15.0. The minimum absolute atomic E-state index is 0.121. The quantitative estimate of drug-likeness (QED) is 0.487. The molecular weight excluding hydrogens is 184 g/mol.